The highest BCUT2D eigenvalue weighted by atomic mass is 127. The first-order valence-corrected chi connectivity index (χ1v) is 8.51. The zero-order valence-electron chi connectivity index (χ0n) is 15.8. The van der Waals surface area contributed by atoms with Crippen LogP contribution in [0.3, 0.4) is 0 Å². The molecule has 26 heavy (non-hydrogen) atoms. The molecular weight excluding hydrogens is 445 g/mol. The van der Waals surface area contributed by atoms with Crippen LogP contribution in [-0.2, 0) is 16.0 Å². The monoisotopic (exact) mass is 473 g/mol. The Hall–Kier alpha value is -1.84. The number of nitrogens with one attached hydrogen (secondary N) is 2. The zero-order valence-corrected chi connectivity index (χ0v) is 18.1. The number of amides is 2. The summed E-state index contributed by atoms with van der Waals surface area (Å²) < 4.78 is 0. The largest absolute Gasteiger partial charge is 0.352 e. The molecule has 2 N–H and O–H groups in total. The van der Waals surface area contributed by atoms with Crippen LogP contribution in [0.15, 0.2) is 29.3 Å². The average Bonchev–Trinajstić information content (AvgIpc) is 2.98. The highest BCUT2D eigenvalue weighted by molar-refractivity contribution is 14.0. The van der Waals surface area contributed by atoms with Gasteiger partial charge in [0.05, 0.1) is 6.54 Å². The van der Waals surface area contributed by atoms with E-state index in [4.69, 9.17) is 0 Å². The van der Waals surface area contributed by atoms with Gasteiger partial charge in [0.25, 0.3) is 0 Å². The molecular formula is C18H28IN5O2. The lowest BCUT2D eigenvalue weighted by Crippen LogP contribution is -2.45. The maximum absolute atomic E-state index is 11.9. The Labute approximate surface area is 172 Å². The molecule has 2 amide bonds. The number of aliphatic imine (C=N–C) groups is 1. The van der Waals surface area contributed by atoms with E-state index in [0.717, 1.165) is 18.7 Å². The van der Waals surface area contributed by atoms with Crippen molar-refractivity contribution < 1.29 is 9.59 Å². The molecule has 144 valence electrons. The molecule has 1 aliphatic heterocycles. The zero-order chi connectivity index (χ0) is 18.4. The van der Waals surface area contributed by atoms with Gasteiger partial charge in [-0.1, -0.05) is 18.2 Å². The molecule has 0 atom stereocenters. The maximum atomic E-state index is 11.9. The highest BCUT2D eigenvalue weighted by Crippen LogP contribution is 2.27. The standard InChI is InChI=1S/C18H27N5O2.HI/c1-13(2)21-16(24)11-19-18(20-12-17(25)22(3)4)23-10-9-14-7-5-6-8-15(14)23;/h5-8,13H,9-12H2,1-4H3,(H,19,20)(H,21,24);1H. The van der Waals surface area contributed by atoms with E-state index in [-0.39, 0.29) is 54.9 Å². The van der Waals surface area contributed by atoms with E-state index < -0.39 is 0 Å². The van der Waals surface area contributed by atoms with E-state index in [1.807, 2.05) is 36.9 Å². The molecule has 1 aliphatic rings. The minimum atomic E-state index is -0.138. The second-order valence-electron chi connectivity index (χ2n) is 6.53. The Balaban J connectivity index is 0.00000338. The van der Waals surface area contributed by atoms with Crippen molar-refractivity contribution in [2.24, 2.45) is 4.99 Å². The smallest absolute Gasteiger partial charge is 0.242 e. The van der Waals surface area contributed by atoms with Crippen LogP contribution >= 0.6 is 24.0 Å². The van der Waals surface area contributed by atoms with Gasteiger partial charge in [-0.3, -0.25) is 9.59 Å². The summed E-state index contributed by atoms with van der Waals surface area (Å²) in [6, 6.07) is 8.18. The van der Waals surface area contributed by atoms with Crippen LogP contribution in [0.4, 0.5) is 5.69 Å². The van der Waals surface area contributed by atoms with Gasteiger partial charge in [-0.25, -0.2) is 4.99 Å². The summed E-state index contributed by atoms with van der Waals surface area (Å²) in [7, 11) is 3.42. The number of hydrogen-bond donors (Lipinski definition) is 2. The van der Waals surface area contributed by atoms with Gasteiger partial charge in [0.2, 0.25) is 11.8 Å². The molecule has 0 fully saturated rings. The Kier molecular flexibility index (Phi) is 8.83. The van der Waals surface area contributed by atoms with Crippen molar-refractivity contribution in [1.29, 1.82) is 0 Å². The van der Waals surface area contributed by atoms with Crippen LogP contribution in [0.5, 0.6) is 0 Å². The Bertz CT molecular complexity index is 661. The van der Waals surface area contributed by atoms with Gasteiger partial charge in [0.1, 0.15) is 6.54 Å². The molecule has 0 spiro atoms. The second-order valence-corrected chi connectivity index (χ2v) is 6.53. The van der Waals surface area contributed by atoms with Gasteiger partial charge in [-0.15, -0.1) is 24.0 Å². The first-order chi connectivity index (χ1) is 11.9. The molecule has 0 aliphatic carbocycles. The number of fused-ring (bicyclic) bond motifs is 1. The number of nitrogens with zero attached hydrogens (tertiary/aromatic N) is 3. The number of guanidine groups is 1. The van der Waals surface area contributed by atoms with Crippen LogP contribution < -0.4 is 15.5 Å². The van der Waals surface area contributed by atoms with Gasteiger partial charge in [0.15, 0.2) is 5.96 Å². The summed E-state index contributed by atoms with van der Waals surface area (Å²) in [5.74, 6) is 0.367. The minimum Gasteiger partial charge on any atom is -0.352 e. The number of carbonyl (C=O) groups is 2. The van der Waals surface area contributed by atoms with Crippen molar-refractivity contribution >= 4 is 47.4 Å². The number of carbonyl (C=O) groups excluding carboxylic acids is 2. The lowest BCUT2D eigenvalue weighted by Gasteiger charge is -2.23. The summed E-state index contributed by atoms with van der Waals surface area (Å²) in [4.78, 5) is 31.8. The molecule has 0 radical (unpaired) electrons. The molecule has 7 nitrogen and oxygen atoms in total. The predicted octanol–water partition coefficient (Wildman–Crippen LogP) is 1.23. The van der Waals surface area contributed by atoms with E-state index in [1.54, 1.807) is 14.1 Å². The highest BCUT2D eigenvalue weighted by Gasteiger charge is 2.23. The van der Waals surface area contributed by atoms with Crippen molar-refractivity contribution in [2.45, 2.75) is 26.3 Å². The van der Waals surface area contributed by atoms with Crippen LogP contribution in [0, 0.1) is 0 Å². The number of hydrogen-bond acceptors (Lipinski definition) is 3. The first kappa shape index (κ1) is 22.2. The molecule has 0 aromatic heterocycles. The van der Waals surface area contributed by atoms with Gasteiger partial charge >= 0.3 is 0 Å². The molecule has 1 heterocycles. The summed E-state index contributed by atoms with van der Waals surface area (Å²) in [6.45, 7) is 4.75. The second kappa shape index (κ2) is 10.3. The van der Waals surface area contributed by atoms with Gasteiger partial charge in [0, 0.05) is 32.4 Å². The SMILES string of the molecule is CC(C)NC(=O)CN=C(NCC(=O)N(C)C)N1CCc2ccccc21.I. The van der Waals surface area contributed by atoms with Crippen LogP contribution in [-0.4, -0.2) is 62.4 Å². The minimum absolute atomic E-state index is 0. The number of halogens is 1. The third kappa shape index (κ3) is 6.15. The average molecular weight is 473 g/mol. The van der Waals surface area contributed by atoms with E-state index in [0.29, 0.717) is 5.96 Å². The summed E-state index contributed by atoms with van der Waals surface area (Å²) in [5, 5.41) is 5.92. The fourth-order valence-electron chi connectivity index (χ4n) is 2.62. The van der Waals surface area contributed by atoms with Crippen molar-refractivity contribution in [3.05, 3.63) is 29.8 Å². The summed E-state index contributed by atoms with van der Waals surface area (Å²) in [6.07, 6.45) is 0.913. The Morgan fingerprint density at radius 2 is 1.96 bits per heavy atom. The van der Waals surface area contributed by atoms with Crippen molar-refractivity contribution in [2.75, 3.05) is 38.6 Å². The van der Waals surface area contributed by atoms with Crippen molar-refractivity contribution in [3.8, 4) is 0 Å². The summed E-state index contributed by atoms with van der Waals surface area (Å²) >= 11 is 0. The Morgan fingerprint density at radius 1 is 1.27 bits per heavy atom. The fraction of sp³-hybridized carbons (Fsp3) is 0.500. The van der Waals surface area contributed by atoms with Gasteiger partial charge < -0.3 is 20.4 Å². The summed E-state index contributed by atoms with van der Waals surface area (Å²) in [5.41, 5.74) is 2.30. The number of para-hydroxylation sites is 1. The topological polar surface area (TPSA) is 77.0 Å². The number of likely N-dealkylation sites (N-methyl/N-ethyl adjacent to an activating group) is 1. The molecule has 2 rings (SSSR count). The maximum Gasteiger partial charge on any atom is 0.242 e. The fourth-order valence-corrected chi connectivity index (χ4v) is 2.62. The first-order valence-electron chi connectivity index (χ1n) is 8.51. The lowest BCUT2D eigenvalue weighted by atomic mass is 10.2. The molecule has 0 saturated carbocycles. The van der Waals surface area contributed by atoms with Crippen molar-refractivity contribution in [3.63, 3.8) is 0 Å². The molecule has 0 bridgehead atoms. The van der Waals surface area contributed by atoms with Crippen molar-refractivity contribution in [1.82, 2.24) is 15.5 Å². The van der Waals surface area contributed by atoms with E-state index in [9.17, 15) is 9.59 Å². The number of rotatable bonds is 5. The Morgan fingerprint density at radius 3 is 2.62 bits per heavy atom. The molecule has 1 aromatic carbocycles. The van der Waals surface area contributed by atoms with Crippen LogP contribution in [0.25, 0.3) is 0 Å². The van der Waals surface area contributed by atoms with Crippen LogP contribution in [0.1, 0.15) is 19.4 Å². The van der Waals surface area contributed by atoms with E-state index in [1.165, 1.54) is 10.5 Å². The van der Waals surface area contributed by atoms with Gasteiger partial charge in [-0.05, 0) is 31.9 Å². The molecule has 0 unspecified atom stereocenters. The normalized spacial score (nSPS) is 13.1. The van der Waals surface area contributed by atoms with E-state index in [2.05, 4.69) is 21.7 Å². The third-order valence-electron chi connectivity index (χ3n) is 3.86. The predicted molar refractivity (Wildman–Crippen MR) is 115 cm³/mol. The molecule has 1 aromatic rings. The molecule has 8 heteroatoms. The number of anilines is 1. The lowest BCUT2D eigenvalue weighted by molar-refractivity contribution is -0.127. The number of benzene rings is 1. The quantitative estimate of drug-likeness (QED) is 0.383. The van der Waals surface area contributed by atoms with E-state index >= 15 is 0 Å². The third-order valence-corrected chi connectivity index (χ3v) is 3.86. The molecule has 0 saturated heterocycles. The van der Waals surface area contributed by atoms with Crippen LogP contribution in [0.2, 0.25) is 0 Å². The van der Waals surface area contributed by atoms with Gasteiger partial charge in [-0.2, -0.15) is 0 Å².